The number of benzene rings is 1. The first-order chi connectivity index (χ1) is 6.49. The summed E-state index contributed by atoms with van der Waals surface area (Å²) in [6.45, 7) is 1.91. The Labute approximate surface area is 112 Å². The molecule has 0 atom stereocenters. The van der Waals surface area contributed by atoms with Crippen LogP contribution in [-0.4, -0.2) is 11.1 Å². The van der Waals surface area contributed by atoms with Gasteiger partial charge in [0.2, 0.25) is 0 Å². The molecule has 0 fully saturated rings. The van der Waals surface area contributed by atoms with Crippen LogP contribution >= 0.6 is 54.5 Å². The summed E-state index contributed by atoms with van der Waals surface area (Å²) in [5.41, 5.74) is 2.19. The molecule has 0 unspecified atom stereocenters. The van der Waals surface area contributed by atoms with Crippen LogP contribution in [0.4, 0.5) is 0 Å². The summed E-state index contributed by atoms with van der Waals surface area (Å²) in [4.78, 5) is 11.0. The van der Waals surface area contributed by atoms with Crippen LogP contribution in [-0.2, 0) is 5.33 Å². The van der Waals surface area contributed by atoms with Gasteiger partial charge in [-0.05, 0) is 46.7 Å². The Balaban J connectivity index is 3.55. The number of carboxylic acids is 1. The lowest BCUT2D eigenvalue weighted by Crippen LogP contribution is -2.06. The lowest BCUT2D eigenvalue weighted by molar-refractivity contribution is 0.0694. The van der Waals surface area contributed by atoms with Crippen molar-refractivity contribution in [1.29, 1.82) is 0 Å². The molecule has 76 valence electrons. The fourth-order valence-electron chi connectivity index (χ4n) is 1.17. The van der Waals surface area contributed by atoms with Gasteiger partial charge < -0.3 is 5.11 Å². The van der Waals surface area contributed by atoms with Crippen molar-refractivity contribution in [3.63, 3.8) is 0 Å². The first kappa shape index (κ1) is 12.4. The number of carboxylic acid groups (broad SMARTS) is 1. The van der Waals surface area contributed by atoms with E-state index in [1.165, 1.54) is 0 Å². The molecule has 0 amide bonds. The second-order valence-corrected chi connectivity index (χ2v) is 5.33. The van der Waals surface area contributed by atoms with Crippen LogP contribution in [0.15, 0.2) is 10.5 Å². The molecule has 0 saturated carbocycles. The molecule has 2 nitrogen and oxygen atoms in total. The van der Waals surface area contributed by atoms with E-state index in [1.54, 1.807) is 0 Å². The second kappa shape index (κ2) is 4.94. The molecule has 0 aliphatic carbocycles. The number of rotatable bonds is 2. The average molecular weight is 434 g/mol. The normalized spacial score (nSPS) is 10.3. The molecule has 0 heterocycles. The number of hydrogen-bond acceptors (Lipinski definition) is 1. The van der Waals surface area contributed by atoms with Gasteiger partial charge in [-0.15, -0.1) is 0 Å². The molecule has 0 bridgehead atoms. The van der Waals surface area contributed by atoms with Crippen LogP contribution in [0, 0.1) is 10.5 Å². The van der Waals surface area contributed by atoms with Gasteiger partial charge in [0.15, 0.2) is 0 Å². The zero-order valence-corrected chi connectivity index (χ0v) is 12.6. The maximum absolute atomic E-state index is 11.0. The van der Waals surface area contributed by atoms with Gasteiger partial charge in [0.1, 0.15) is 0 Å². The molecule has 0 radical (unpaired) electrons. The van der Waals surface area contributed by atoms with E-state index in [4.69, 9.17) is 5.11 Å². The lowest BCUT2D eigenvalue weighted by atomic mass is 10.0. The summed E-state index contributed by atoms with van der Waals surface area (Å²) < 4.78 is 1.70. The predicted molar refractivity (Wildman–Crippen MR) is 71.2 cm³/mol. The van der Waals surface area contributed by atoms with Crippen molar-refractivity contribution < 1.29 is 9.90 Å². The molecule has 1 aromatic rings. The Morgan fingerprint density at radius 3 is 2.64 bits per heavy atom. The van der Waals surface area contributed by atoms with E-state index >= 15 is 0 Å². The van der Waals surface area contributed by atoms with Gasteiger partial charge in [-0.3, -0.25) is 0 Å². The topological polar surface area (TPSA) is 37.3 Å². The summed E-state index contributed by atoms with van der Waals surface area (Å²) in [7, 11) is 0. The van der Waals surface area contributed by atoms with Crippen molar-refractivity contribution in [3.8, 4) is 0 Å². The molecule has 0 saturated heterocycles. The summed E-state index contributed by atoms with van der Waals surface area (Å²) in [6, 6.07) is 1.82. The van der Waals surface area contributed by atoms with Gasteiger partial charge in [0, 0.05) is 13.4 Å². The molecule has 0 aliphatic heterocycles. The minimum Gasteiger partial charge on any atom is -0.478 e. The molecule has 1 N–H and O–H groups in total. The molecule has 0 aliphatic rings. The Hall–Kier alpha value is 0.380. The van der Waals surface area contributed by atoms with E-state index in [0.29, 0.717) is 10.9 Å². The maximum Gasteiger partial charge on any atom is 0.337 e. The second-order valence-electron chi connectivity index (χ2n) is 2.76. The Bertz CT molecular complexity index is 391. The van der Waals surface area contributed by atoms with E-state index in [0.717, 1.165) is 19.2 Å². The van der Waals surface area contributed by atoms with Crippen LogP contribution in [0.1, 0.15) is 21.5 Å². The molecule has 1 rings (SSSR count). The van der Waals surface area contributed by atoms with E-state index in [1.807, 2.05) is 35.6 Å². The smallest absolute Gasteiger partial charge is 0.337 e. The van der Waals surface area contributed by atoms with Crippen molar-refractivity contribution in [3.05, 3.63) is 30.8 Å². The van der Waals surface area contributed by atoms with Gasteiger partial charge in [-0.25, -0.2) is 4.79 Å². The minimum atomic E-state index is -0.876. The van der Waals surface area contributed by atoms with Crippen LogP contribution in [0.3, 0.4) is 0 Å². The van der Waals surface area contributed by atoms with Gasteiger partial charge in [-0.1, -0.05) is 31.9 Å². The van der Waals surface area contributed by atoms with Crippen LogP contribution in [0.2, 0.25) is 0 Å². The zero-order valence-electron chi connectivity index (χ0n) is 7.27. The number of halogens is 3. The summed E-state index contributed by atoms with van der Waals surface area (Å²) >= 11 is 8.75. The maximum atomic E-state index is 11.0. The number of alkyl halides is 1. The Kier molecular flexibility index (Phi) is 4.39. The van der Waals surface area contributed by atoms with Gasteiger partial charge in [-0.2, -0.15) is 0 Å². The first-order valence-corrected chi connectivity index (χ1v) is 6.75. The van der Waals surface area contributed by atoms with Crippen molar-refractivity contribution in [2.75, 3.05) is 0 Å². The van der Waals surface area contributed by atoms with Crippen molar-refractivity contribution >= 4 is 60.4 Å². The van der Waals surface area contributed by atoms with E-state index < -0.39 is 5.97 Å². The van der Waals surface area contributed by atoms with Gasteiger partial charge in [0.05, 0.1) is 5.56 Å². The van der Waals surface area contributed by atoms with Gasteiger partial charge in [0.25, 0.3) is 0 Å². The molecule has 14 heavy (non-hydrogen) atoms. The minimum absolute atomic E-state index is 0.392. The third kappa shape index (κ3) is 2.30. The number of aromatic carboxylic acids is 1. The predicted octanol–water partition coefficient (Wildman–Crippen LogP) is 3.96. The van der Waals surface area contributed by atoms with Gasteiger partial charge >= 0.3 is 5.97 Å². The van der Waals surface area contributed by atoms with Crippen molar-refractivity contribution in [1.82, 2.24) is 0 Å². The quantitative estimate of drug-likeness (QED) is 0.566. The zero-order chi connectivity index (χ0) is 10.9. The Morgan fingerprint density at radius 2 is 2.21 bits per heavy atom. The lowest BCUT2D eigenvalue weighted by Gasteiger charge is -2.10. The highest BCUT2D eigenvalue weighted by Gasteiger charge is 2.17. The highest BCUT2D eigenvalue weighted by molar-refractivity contribution is 14.1. The van der Waals surface area contributed by atoms with Crippen LogP contribution in [0.25, 0.3) is 0 Å². The highest BCUT2D eigenvalue weighted by atomic mass is 127. The average Bonchev–Trinajstić information content (AvgIpc) is 2.09. The van der Waals surface area contributed by atoms with Crippen LogP contribution < -0.4 is 0 Å². The number of hydrogen-bond donors (Lipinski definition) is 1. The van der Waals surface area contributed by atoms with E-state index in [9.17, 15) is 4.79 Å². The molecular formula is C9H7Br2IO2. The van der Waals surface area contributed by atoms with E-state index in [-0.39, 0.29) is 0 Å². The third-order valence-electron chi connectivity index (χ3n) is 1.95. The van der Waals surface area contributed by atoms with E-state index in [2.05, 4.69) is 31.9 Å². The summed E-state index contributed by atoms with van der Waals surface area (Å²) in [6.07, 6.45) is 0. The monoisotopic (exact) mass is 432 g/mol. The standard InChI is InChI=1S/C9H7Br2IO2/c1-4-5(3-10)8(9(13)14)7(12)2-6(4)11/h2H,3H2,1H3,(H,13,14). The molecule has 1 aromatic carbocycles. The Morgan fingerprint density at radius 1 is 1.64 bits per heavy atom. The largest absolute Gasteiger partial charge is 0.478 e. The molecule has 0 spiro atoms. The molecular weight excluding hydrogens is 427 g/mol. The van der Waals surface area contributed by atoms with Crippen LogP contribution in [0.5, 0.6) is 0 Å². The summed E-state index contributed by atoms with van der Waals surface area (Å²) in [5, 5.41) is 9.60. The number of carbonyl (C=O) groups is 1. The fourth-order valence-corrected chi connectivity index (χ4v) is 3.63. The molecule has 0 aromatic heterocycles. The molecule has 5 heteroatoms. The van der Waals surface area contributed by atoms with Crippen molar-refractivity contribution in [2.45, 2.75) is 12.3 Å². The SMILES string of the molecule is Cc1c(Br)cc(I)c(C(=O)O)c1CBr. The third-order valence-corrected chi connectivity index (χ3v) is 4.19. The first-order valence-electron chi connectivity index (χ1n) is 3.75. The fraction of sp³-hybridized carbons (Fsp3) is 0.222. The highest BCUT2D eigenvalue weighted by Crippen LogP contribution is 2.29. The van der Waals surface area contributed by atoms with Crippen molar-refractivity contribution in [2.24, 2.45) is 0 Å². The summed E-state index contributed by atoms with van der Waals surface area (Å²) in [5.74, 6) is -0.876.